The van der Waals surface area contributed by atoms with Crippen LogP contribution >= 0.6 is 0 Å². The van der Waals surface area contributed by atoms with E-state index >= 15 is 0 Å². The standard InChI is InChI=1S/C24H43NO6/c1-17(2)10-11-18(3)23(4,28)21-20(29-5)19(12-13-24(21)16-30-24)31-22(27)25-14-8-6-7-9-15-26/h10,18-21,26,28H,6-9,11-16H2,1-5H3,(H,25,27)/t18-,19?,20?,21?,23-,24+/m1/s1. The molecule has 1 saturated heterocycles. The first-order valence-corrected chi connectivity index (χ1v) is 11.8. The van der Waals surface area contributed by atoms with E-state index in [4.69, 9.17) is 19.3 Å². The highest BCUT2D eigenvalue weighted by atomic mass is 16.6. The largest absolute Gasteiger partial charge is 0.443 e. The predicted molar refractivity (Wildman–Crippen MR) is 120 cm³/mol. The molecule has 6 atom stereocenters. The number of alkyl carbamates (subject to hydrolysis) is 1. The van der Waals surface area contributed by atoms with Gasteiger partial charge in [-0.1, -0.05) is 31.4 Å². The van der Waals surface area contributed by atoms with Gasteiger partial charge in [0.1, 0.15) is 12.2 Å². The number of hydrogen-bond acceptors (Lipinski definition) is 6. The molecule has 3 unspecified atom stereocenters. The Morgan fingerprint density at radius 3 is 2.58 bits per heavy atom. The minimum Gasteiger partial charge on any atom is -0.443 e. The number of carbonyl (C=O) groups is 1. The smallest absolute Gasteiger partial charge is 0.407 e. The third-order valence-corrected chi connectivity index (χ3v) is 7.02. The van der Waals surface area contributed by atoms with E-state index in [1.54, 1.807) is 7.11 Å². The fourth-order valence-electron chi connectivity index (χ4n) is 4.83. The van der Waals surface area contributed by atoms with Gasteiger partial charge < -0.3 is 29.7 Å². The van der Waals surface area contributed by atoms with Gasteiger partial charge in [-0.25, -0.2) is 4.79 Å². The van der Waals surface area contributed by atoms with Crippen LogP contribution in [0.2, 0.25) is 0 Å². The summed E-state index contributed by atoms with van der Waals surface area (Å²) in [6, 6.07) is 0. The molecule has 1 aliphatic carbocycles. The Labute approximate surface area is 187 Å². The van der Waals surface area contributed by atoms with Gasteiger partial charge >= 0.3 is 6.09 Å². The van der Waals surface area contributed by atoms with Crippen LogP contribution in [0.3, 0.4) is 0 Å². The molecule has 7 heteroatoms. The van der Waals surface area contributed by atoms with E-state index in [-0.39, 0.29) is 18.4 Å². The summed E-state index contributed by atoms with van der Waals surface area (Å²) in [5, 5.41) is 23.3. The molecule has 2 fully saturated rings. The lowest BCUT2D eigenvalue weighted by Crippen LogP contribution is -2.61. The molecule has 1 spiro atoms. The van der Waals surface area contributed by atoms with Gasteiger partial charge in [-0.05, 0) is 58.8 Å². The van der Waals surface area contributed by atoms with Crippen LogP contribution in [-0.4, -0.2) is 66.6 Å². The lowest BCUT2D eigenvalue weighted by Gasteiger charge is -2.49. The molecule has 1 saturated carbocycles. The number of nitrogens with one attached hydrogen (secondary N) is 1. The second-order valence-corrected chi connectivity index (χ2v) is 9.72. The topological polar surface area (TPSA) is 101 Å². The average molecular weight is 442 g/mol. The number of unbranched alkanes of at least 4 members (excludes halogenated alkanes) is 3. The molecule has 0 aromatic heterocycles. The van der Waals surface area contributed by atoms with Crippen molar-refractivity contribution in [3.8, 4) is 0 Å². The van der Waals surface area contributed by atoms with Crippen LogP contribution < -0.4 is 5.32 Å². The number of amides is 1. The van der Waals surface area contributed by atoms with Gasteiger partial charge in [0.25, 0.3) is 0 Å². The molecule has 0 aromatic rings. The molecule has 180 valence electrons. The second kappa shape index (κ2) is 11.6. The molecule has 7 nitrogen and oxygen atoms in total. The molecule has 0 radical (unpaired) electrons. The molecule has 3 N–H and O–H groups in total. The molecular formula is C24H43NO6. The molecule has 0 bridgehead atoms. The van der Waals surface area contributed by atoms with E-state index < -0.39 is 29.5 Å². The van der Waals surface area contributed by atoms with Crippen LogP contribution in [0.5, 0.6) is 0 Å². The number of epoxide rings is 1. The number of hydrogen-bond donors (Lipinski definition) is 3. The quantitative estimate of drug-likeness (QED) is 0.243. The highest BCUT2D eigenvalue weighted by molar-refractivity contribution is 5.67. The van der Waals surface area contributed by atoms with E-state index in [1.165, 1.54) is 5.57 Å². The number of ether oxygens (including phenoxy) is 3. The van der Waals surface area contributed by atoms with Gasteiger partial charge in [0, 0.05) is 26.2 Å². The Morgan fingerprint density at radius 2 is 2.00 bits per heavy atom. The first kappa shape index (κ1) is 26.1. The summed E-state index contributed by atoms with van der Waals surface area (Å²) in [4.78, 5) is 12.4. The molecule has 31 heavy (non-hydrogen) atoms. The van der Waals surface area contributed by atoms with E-state index in [2.05, 4.69) is 32.2 Å². The zero-order chi connectivity index (χ0) is 23.1. The normalized spacial score (nSPS) is 30.4. The SMILES string of the molecule is COC1C(OC(=O)NCCCCCCO)CC[C@]2(CO2)C1[C@](C)(O)[C@H](C)CC=C(C)C. The minimum absolute atomic E-state index is 0.00220. The number of aliphatic hydroxyl groups is 2. The van der Waals surface area contributed by atoms with Crippen LogP contribution in [0.15, 0.2) is 11.6 Å². The molecule has 1 aliphatic heterocycles. The molecule has 0 aromatic carbocycles. The zero-order valence-electron chi connectivity index (χ0n) is 20.0. The summed E-state index contributed by atoms with van der Waals surface area (Å²) in [6.07, 6.45) is 6.54. The molecule has 2 aliphatic rings. The van der Waals surface area contributed by atoms with Crippen LogP contribution in [0, 0.1) is 11.8 Å². The first-order chi connectivity index (χ1) is 14.7. The Kier molecular flexibility index (Phi) is 9.80. The Morgan fingerprint density at radius 1 is 1.32 bits per heavy atom. The summed E-state index contributed by atoms with van der Waals surface area (Å²) in [5.41, 5.74) is -0.206. The summed E-state index contributed by atoms with van der Waals surface area (Å²) in [5.74, 6) is -0.284. The molecule has 1 amide bonds. The van der Waals surface area contributed by atoms with Gasteiger partial charge in [0.2, 0.25) is 0 Å². The maximum absolute atomic E-state index is 12.4. The fraction of sp³-hybridized carbons (Fsp3) is 0.875. The second-order valence-electron chi connectivity index (χ2n) is 9.72. The van der Waals surface area contributed by atoms with Crippen molar-refractivity contribution in [2.75, 3.05) is 26.9 Å². The monoisotopic (exact) mass is 441 g/mol. The van der Waals surface area contributed by atoms with Crippen molar-refractivity contribution >= 4 is 6.09 Å². The number of carbonyl (C=O) groups excluding carboxylic acids is 1. The van der Waals surface area contributed by atoms with Gasteiger partial charge in [0.05, 0.1) is 17.8 Å². The Hall–Kier alpha value is -1.15. The van der Waals surface area contributed by atoms with Crippen molar-refractivity contribution < 1.29 is 29.2 Å². The van der Waals surface area contributed by atoms with Gasteiger partial charge in [-0.15, -0.1) is 0 Å². The predicted octanol–water partition coefficient (Wildman–Crippen LogP) is 3.57. The Balaban J connectivity index is 2.01. The van der Waals surface area contributed by atoms with E-state index in [1.807, 2.05) is 6.92 Å². The number of methoxy groups -OCH3 is 1. The third-order valence-electron chi connectivity index (χ3n) is 7.02. The van der Waals surface area contributed by atoms with Crippen molar-refractivity contribution in [3.05, 3.63) is 11.6 Å². The Bertz CT molecular complexity index is 597. The van der Waals surface area contributed by atoms with Gasteiger partial charge in [0.15, 0.2) is 0 Å². The minimum atomic E-state index is -1.03. The summed E-state index contributed by atoms with van der Waals surface area (Å²) in [6.45, 7) is 9.39. The van der Waals surface area contributed by atoms with Crippen molar-refractivity contribution in [1.29, 1.82) is 0 Å². The van der Waals surface area contributed by atoms with Crippen LogP contribution in [0.1, 0.15) is 72.6 Å². The summed E-state index contributed by atoms with van der Waals surface area (Å²) < 4.78 is 17.5. The van der Waals surface area contributed by atoms with Gasteiger partial charge in [-0.3, -0.25) is 0 Å². The van der Waals surface area contributed by atoms with E-state index in [9.17, 15) is 9.90 Å². The summed E-state index contributed by atoms with van der Waals surface area (Å²) >= 11 is 0. The third kappa shape index (κ3) is 6.91. The van der Waals surface area contributed by atoms with E-state index in [0.29, 0.717) is 19.6 Å². The van der Waals surface area contributed by atoms with Crippen LogP contribution in [0.4, 0.5) is 4.79 Å². The fourth-order valence-corrected chi connectivity index (χ4v) is 4.83. The van der Waals surface area contributed by atoms with Crippen LogP contribution in [0.25, 0.3) is 0 Å². The van der Waals surface area contributed by atoms with Crippen molar-refractivity contribution in [3.63, 3.8) is 0 Å². The lowest BCUT2D eigenvalue weighted by molar-refractivity contribution is -0.178. The molecular weight excluding hydrogens is 398 g/mol. The number of aliphatic hydroxyl groups excluding tert-OH is 1. The lowest BCUT2D eigenvalue weighted by atomic mass is 9.63. The van der Waals surface area contributed by atoms with Crippen LogP contribution in [-0.2, 0) is 14.2 Å². The maximum atomic E-state index is 12.4. The maximum Gasteiger partial charge on any atom is 0.407 e. The number of allylic oxidation sites excluding steroid dienone is 2. The highest BCUT2D eigenvalue weighted by Crippen LogP contribution is 2.53. The highest BCUT2D eigenvalue weighted by Gasteiger charge is 2.65. The number of rotatable bonds is 12. The van der Waals surface area contributed by atoms with Crippen molar-refractivity contribution in [2.45, 2.75) is 96.1 Å². The molecule has 1 heterocycles. The zero-order valence-corrected chi connectivity index (χ0v) is 20.0. The van der Waals surface area contributed by atoms with Crippen molar-refractivity contribution in [2.24, 2.45) is 11.8 Å². The van der Waals surface area contributed by atoms with E-state index in [0.717, 1.165) is 38.5 Å². The summed E-state index contributed by atoms with van der Waals surface area (Å²) in [7, 11) is 1.62. The molecule has 2 rings (SSSR count). The van der Waals surface area contributed by atoms with Gasteiger partial charge in [-0.2, -0.15) is 0 Å². The van der Waals surface area contributed by atoms with Crippen molar-refractivity contribution in [1.82, 2.24) is 5.32 Å². The average Bonchev–Trinajstić information content (AvgIpc) is 3.49. The first-order valence-electron chi connectivity index (χ1n) is 11.8.